The molecule has 22 heavy (non-hydrogen) atoms. The molecule has 1 aromatic heterocycles. The maximum absolute atomic E-state index is 12.1. The van der Waals surface area contributed by atoms with Gasteiger partial charge in [0.05, 0.1) is 16.8 Å². The molecule has 0 saturated heterocycles. The molecule has 112 valence electrons. The Morgan fingerprint density at radius 3 is 2.32 bits per heavy atom. The minimum Gasteiger partial charge on any atom is -0.433 e. The lowest BCUT2D eigenvalue weighted by molar-refractivity contribution is -0.0604. The number of carbonyl (C=O) groups is 3. The summed E-state index contributed by atoms with van der Waals surface area (Å²) in [7, 11) is 0. The predicted molar refractivity (Wildman–Crippen MR) is 73.0 cm³/mol. The molecule has 1 aliphatic heterocycles. The monoisotopic (exact) mass is 300 g/mol. The fourth-order valence-corrected chi connectivity index (χ4v) is 2.17. The van der Waals surface area contributed by atoms with E-state index in [0.717, 1.165) is 0 Å². The van der Waals surface area contributed by atoms with Gasteiger partial charge in [-0.15, -0.1) is 0 Å². The van der Waals surface area contributed by atoms with Crippen molar-refractivity contribution in [3.05, 3.63) is 52.7 Å². The molecule has 2 amide bonds. The Bertz CT molecular complexity index is 758. The van der Waals surface area contributed by atoms with Gasteiger partial charge in [0.2, 0.25) is 5.76 Å². The van der Waals surface area contributed by atoms with Gasteiger partial charge in [0, 0.05) is 6.42 Å². The molecule has 7 nitrogen and oxygen atoms in total. The Balaban J connectivity index is 1.85. The number of amides is 2. The molecule has 0 unspecified atom stereocenters. The number of aryl methyl sites for hydroxylation is 2. The van der Waals surface area contributed by atoms with Crippen LogP contribution >= 0.6 is 0 Å². The fraction of sp³-hybridized carbons (Fsp3) is 0.200. The summed E-state index contributed by atoms with van der Waals surface area (Å²) in [5, 5.41) is 0.445. The quantitative estimate of drug-likeness (QED) is 0.804. The van der Waals surface area contributed by atoms with Gasteiger partial charge in [-0.1, -0.05) is 24.1 Å². The van der Waals surface area contributed by atoms with Gasteiger partial charge < -0.3 is 9.25 Å². The minimum atomic E-state index is -0.931. The standard InChI is InChI=1S/C15H12N2O5/c1-3-11-16-8(2)12(21-11)15(20)22-17-13(18)9-6-4-5-7-10(9)14(17)19/h4-7H,3H2,1-2H3. The summed E-state index contributed by atoms with van der Waals surface area (Å²) >= 11 is 0. The van der Waals surface area contributed by atoms with E-state index in [2.05, 4.69) is 4.98 Å². The van der Waals surface area contributed by atoms with Crippen LogP contribution in [-0.2, 0) is 11.3 Å². The van der Waals surface area contributed by atoms with Gasteiger partial charge in [-0.05, 0) is 19.1 Å². The smallest absolute Gasteiger partial charge is 0.401 e. The number of rotatable bonds is 3. The molecule has 0 fully saturated rings. The molecule has 2 heterocycles. The van der Waals surface area contributed by atoms with Crippen molar-refractivity contribution in [3.8, 4) is 0 Å². The number of carbonyl (C=O) groups excluding carboxylic acids is 3. The number of hydrogen-bond donors (Lipinski definition) is 0. The van der Waals surface area contributed by atoms with Crippen LogP contribution in [0.15, 0.2) is 28.7 Å². The van der Waals surface area contributed by atoms with Gasteiger partial charge in [-0.2, -0.15) is 0 Å². The van der Waals surface area contributed by atoms with Crippen LogP contribution in [0.3, 0.4) is 0 Å². The lowest BCUT2D eigenvalue weighted by Gasteiger charge is -2.11. The Hall–Kier alpha value is -2.96. The first-order chi connectivity index (χ1) is 10.5. The number of oxazole rings is 1. The van der Waals surface area contributed by atoms with Crippen LogP contribution in [0, 0.1) is 6.92 Å². The molecule has 0 atom stereocenters. The molecule has 0 saturated carbocycles. The van der Waals surface area contributed by atoms with Gasteiger partial charge in [0.1, 0.15) is 0 Å². The van der Waals surface area contributed by atoms with Crippen LogP contribution in [-0.4, -0.2) is 27.8 Å². The SMILES string of the molecule is CCc1nc(C)c(C(=O)ON2C(=O)c3ccccc3C2=O)o1. The van der Waals surface area contributed by atoms with Gasteiger partial charge in [-0.25, -0.2) is 9.78 Å². The molecule has 3 rings (SSSR count). The van der Waals surface area contributed by atoms with Gasteiger partial charge in [-0.3, -0.25) is 9.59 Å². The van der Waals surface area contributed by atoms with Crippen LogP contribution in [0.2, 0.25) is 0 Å². The summed E-state index contributed by atoms with van der Waals surface area (Å²) in [6, 6.07) is 6.25. The van der Waals surface area contributed by atoms with Crippen molar-refractivity contribution in [2.45, 2.75) is 20.3 Å². The first-order valence-electron chi connectivity index (χ1n) is 6.69. The second-order valence-corrected chi connectivity index (χ2v) is 4.70. The predicted octanol–water partition coefficient (Wildman–Crippen LogP) is 1.91. The average molecular weight is 300 g/mol. The highest BCUT2D eigenvalue weighted by Gasteiger charge is 2.39. The Kier molecular flexibility index (Phi) is 3.25. The van der Waals surface area contributed by atoms with E-state index in [1.807, 2.05) is 6.92 Å². The summed E-state index contributed by atoms with van der Waals surface area (Å²) < 4.78 is 5.25. The third-order valence-corrected chi connectivity index (χ3v) is 3.26. The number of benzene rings is 1. The number of nitrogens with zero attached hydrogens (tertiary/aromatic N) is 2. The Labute approximate surface area is 125 Å². The largest absolute Gasteiger partial charge is 0.433 e. The maximum Gasteiger partial charge on any atom is 0.401 e. The van der Waals surface area contributed by atoms with E-state index in [1.54, 1.807) is 19.1 Å². The molecule has 1 aliphatic rings. The highest BCUT2D eigenvalue weighted by atomic mass is 16.7. The summed E-state index contributed by atoms with van der Waals surface area (Å²) in [6.45, 7) is 3.41. The number of fused-ring (bicyclic) bond motifs is 1. The van der Waals surface area contributed by atoms with Crippen molar-refractivity contribution < 1.29 is 23.6 Å². The zero-order valence-electron chi connectivity index (χ0n) is 12.0. The number of hydroxylamine groups is 2. The molecule has 7 heteroatoms. The van der Waals surface area contributed by atoms with Crippen molar-refractivity contribution in [1.29, 1.82) is 0 Å². The highest BCUT2D eigenvalue weighted by Crippen LogP contribution is 2.23. The van der Waals surface area contributed by atoms with Crippen LogP contribution < -0.4 is 0 Å². The summed E-state index contributed by atoms with van der Waals surface area (Å²) in [5.74, 6) is -2.02. The number of imide groups is 1. The van der Waals surface area contributed by atoms with Crippen LogP contribution in [0.5, 0.6) is 0 Å². The van der Waals surface area contributed by atoms with Crippen LogP contribution in [0.1, 0.15) is 49.8 Å². The van der Waals surface area contributed by atoms with Gasteiger partial charge >= 0.3 is 5.97 Å². The van der Waals surface area contributed by atoms with E-state index in [0.29, 0.717) is 23.1 Å². The van der Waals surface area contributed by atoms with E-state index >= 15 is 0 Å². The third-order valence-electron chi connectivity index (χ3n) is 3.26. The Morgan fingerprint density at radius 2 is 1.82 bits per heavy atom. The third kappa shape index (κ3) is 2.07. The Morgan fingerprint density at radius 1 is 1.23 bits per heavy atom. The molecule has 0 aliphatic carbocycles. The molecular formula is C15H12N2O5. The van der Waals surface area contributed by atoms with E-state index in [-0.39, 0.29) is 16.9 Å². The zero-order chi connectivity index (χ0) is 15.9. The molecule has 0 spiro atoms. The summed E-state index contributed by atoms with van der Waals surface area (Å²) in [6.07, 6.45) is 0.515. The summed E-state index contributed by atoms with van der Waals surface area (Å²) in [4.78, 5) is 45.2. The molecular weight excluding hydrogens is 288 g/mol. The summed E-state index contributed by atoms with van der Waals surface area (Å²) in [5.41, 5.74) is 0.742. The van der Waals surface area contributed by atoms with Gasteiger partial charge in [0.25, 0.3) is 11.8 Å². The molecule has 1 aromatic carbocycles. The minimum absolute atomic E-state index is 0.117. The lowest BCUT2D eigenvalue weighted by atomic mass is 10.1. The fourth-order valence-electron chi connectivity index (χ4n) is 2.17. The normalized spacial score (nSPS) is 13.5. The van der Waals surface area contributed by atoms with Crippen molar-refractivity contribution in [3.63, 3.8) is 0 Å². The van der Waals surface area contributed by atoms with Crippen LogP contribution in [0.25, 0.3) is 0 Å². The second kappa shape index (κ2) is 5.10. The van der Waals surface area contributed by atoms with E-state index in [9.17, 15) is 14.4 Å². The van der Waals surface area contributed by atoms with Crippen molar-refractivity contribution in [1.82, 2.24) is 10.0 Å². The van der Waals surface area contributed by atoms with E-state index in [4.69, 9.17) is 9.25 Å². The molecule has 2 aromatic rings. The molecule has 0 radical (unpaired) electrons. The second-order valence-electron chi connectivity index (χ2n) is 4.70. The first kappa shape index (κ1) is 14.0. The zero-order valence-corrected chi connectivity index (χ0v) is 12.0. The van der Waals surface area contributed by atoms with Gasteiger partial charge in [0.15, 0.2) is 5.89 Å². The van der Waals surface area contributed by atoms with Crippen molar-refractivity contribution >= 4 is 17.8 Å². The first-order valence-corrected chi connectivity index (χ1v) is 6.69. The topological polar surface area (TPSA) is 89.7 Å². The number of aromatic nitrogens is 1. The lowest BCUT2D eigenvalue weighted by Crippen LogP contribution is -2.32. The maximum atomic E-state index is 12.1. The van der Waals surface area contributed by atoms with Crippen molar-refractivity contribution in [2.75, 3.05) is 0 Å². The van der Waals surface area contributed by atoms with E-state index < -0.39 is 17.8 Å². The average Bonchev–Trinajstić information content (AvgIpc) is 3.01. The van der Waals surface area contributed by atoms with Crippen LogP contribution in [0.4, 0.5) is 0 Å². The molecule has 0 N–H and O–H groups in total. The number of hydrogen-bond acceptors (Lipinski definition) is 6. The highest BCUT2D eigenvalue weighted by molar-refractivity contribution is 6.21. The molecule has 0 bridgehead atoms. The van der Waals surface area contributed by atoms with E-state index in [1.165, 1.54) is 12.1 Å². The van der Waals surface area contributed by atoms with Crippen molar-refractivity contribution in [2.24, 2.45) is 0 Å².